The van der Waals surface area contributed by atoms with Crippen LogP contribution >= 0.6 is 22.6 Å². The van der Waals surface area contributed by atoms with Gasteiger partial charge in [-0.2, -0.15) is 0 Å². The van der Waals surface area contributed by atoms with Gasteiger partial charge in [0.1, 0.15) is 0 Å². The van der Waals surface area contributed by atoms with Crippen molar-refractivity contribution < 1.29 is 4.79 Å². The number of carbonyl (C=O) groups excluding carboxylic acids is 1. The number of carbonyl (C=O) groups is 1. The number of rotatable bonds is 7. The van der Waals surface area contributed by atoms with E-state index in [1.165, 1.54) is 9.13 Å². The van der Waals surface area contributed by atoms with Crippen LogP contribution in [0, 0.1) is 3.57 Å². The molecule has 0 saturated carbocycles. The zero-order chi connectivity index (χ0) is 12.7. The van der Waals surface area contributed by atoms with Gasteiger partial charge >= 0.3 is 0 Å². The molecule has 0 unspecified atom stereocenters. The Kier molecular flexibility index (Phi) is 5.95. The molecular formula is C14H20INO. The molecule has 0 heterocycles. The molecule has 1 aromatic rings. The lowest BCUT2D eigenvalue weighted by Gasteiger charge is -2.33. The van der Waals surface area contributed by atoms with Gasteiger partial charge < -0.3 is 5.32 Å². The second-order valence-corrected chi connectivity index (χ2v) is 5.60. The van der Waals surface area contributed by atoms with Crippen molar-refractivity contribution in [2.45, 2.75) is 45.1 Å². The SMILES string of the molecule is CCCC(CCC)(NC=O)c1ccc(I)cc1. The first-order valence-electron chi connectivity index (χ1n) is 6.16. The van der Waals surface area contributed by atoms with Gasteiger partial charge in [-0.05, 0) is 53.1 Å². The number of benzene rings is 1. The minimum absolute atomic E-state index is 0.185. The first-order valence-corrected chi connectivity index (χ1v) is 7.23. The Morgan fingerprint density at radius 1 is 1.18 bits per heavy atom. The van der Waals surface area contributed by atoms with Crippen molar-refractivity contribution in [1.82, 2.24) is 5.32 Å². The lowest BCUT2D eigenvalue weighted by atomic mass is 9.82. The van der Waals surface area contributed by atoms with Crippen LogP contribution < -0.4 is 5.32 Å². The van der Waals surface area contributed by atoms with E-state index in [2.05, 4.69) is 66.0 Å². The zero-order valence-electron chi connectivity index (χ0n) is 10.5. The Hall–Kier alpha value is -0.580. The summed E-state index contributed by atoms with van der Waals surface area (Å²) in [7, 11) is 0. The van der Waals surface area contributed by atoms with E-state index in [1.54, 1.807) is 0 Å². The predicted octanol–water partition coefficient (Wildman–Crippen LogP) is 3.83. The van der Waals surface area contributed by atoms with Crippen LogP contribution in [-0.4, -0.2) is 6.41 Å². The Labute approximate surface area is 117 Å². The van der Waals surface area contributed by atoms with Crippen molar-refractivity contribution in [2.75, 3.05) is 0 Å². The van der Waals surface area contributed by atoms with Gasteiger partial charge in [0.25, 0.3) is 0 Å². The zero-order valence-corrected chi connectivity index (χ0v) is 12.7. The van der Waals surface area contributed by atoms with Crippen molar-refractivity contribution in [3.63, 3.8) is 0 Å². The molecule has 0 radical (unpaired) electrons. The fraction of sp³-hybridized carbons (Fsp3) is 0.500. The molecule has 0 saturated heterocycles. The molecule has 0 aliphatic heterocycles. The Morgan fingerprint density at radius 3 is 2.12 bits per heavy atom. The Bertz CT molecular complexity index is 342. The molecule has 2 nitrogen and oxygen atoms in total. The van der Waals surface area contributed by atoms with E-state index >= 15 is 0 Å². The molecule has 0 aliphatic carbocycles. The van der Waals surface area contributed by atoms with Crippen molar-refractivity contribution in [2.24, 2.45) is 0 Å². The molecule has 1 amide bonds. The average Bonchev–Trinajstić information content (AvgIpc) is 2.30. The normalized spacial score (nSPS) is 11.2. The Balaban J connectivity index is 3.08. The summed E-state index contributed by atoms with van der Waals surface area (Å²) in [6, 6.07) is 8.46. The summed E-state index contributed by atoms with van der Waals surface area (Å²) < 4.78 is 1.22. The number of hydrogen-bond donors (Lipinski definition) is 1. The third kappa shape index (κ3) is 3.69. The van der Waals surface area contributed by atoms with Gasteiger partial charge in [0.2, 0.25) is 6.41 Å². The third-order valence-electron chi connectivity index (χ3n) is 3.09. The minimum atomic E-state index is -0.185. The summed E-state index contributed by atoms with van der Waals surface area (Å²) in [5.74, 6) is 0. The maximum Gasteiger partial charge on any atom is 0.207 e. The second-order valence-electron chi connectivity index (χ2n) is 4.35. The first-order chi connectivity index (χ1) is 8.18. The summed E-state index contributed by atoms with van der Waals surface area (Å²) in [5.41, 5.74) is 1.03. The smallest absolute Gasteiger partial charge is 0.207 e. The number of hydrogen-bond acceptors (Lipinski definition) is 1. The van der Waals surface area contributed by atoms with E-state index in [0.717, 1.165) is 32.1 Å². The molecule has 17 heavy (non-hydrogen) atoms. The molecule has 0 fully saturated rings. The van der Waals surface area contributed by atoms with Gasteiger partial charge in [-0.25, -0.2) is 0 Å². The summed E-state index contributed by atoms with van der Waals surface area (Å²) in [6.07, 6.45) is 4.93. The number of halogens is 1. The molecule has 1 N–H and O–H groups in total. The van der Waals surface area contributed by atoms with Crippen molar-refractivity contribution in [1.29, 1.82) is 0 Å². The van der Waals surface area contributed by atoms with Gasteiger partial charge in [0.15, 0.2) is 0 Å². The molecule has 94 valence electrons. The van der Waals surface area contributed by atoms with Gasteiger partial charge in [0.05, 0.1) is 5.54 Å². The highest BCUT2D eigenvalue weighted by molar-refractivity contribution is 14.1. The topological polar surface area (TPSA) is 29.1 Å². The predicted molar refractivity (Wildman–Crippen MR) is 79.9 cm³/mol. The molecule has 0 aliphatic rings. The van der Waals surface area contributed by atoms with Gasteiger partial charge in [-0.1, -0.05) is 38.8 Å². The van der Waals surface area contributed by atoms with E-state index in [1.807, 2.05) is 0 Å². The van der Waals surface area contributed by atoms with Crippen molar-refractivity contribution >= 4 is 29.0 Å². The van der Waals surface area contributed by atoms with Crippen LogP contribution in [0.1, 0.15) is 45.1 Å². The van der Waals surface area contributed by atoms with Crippen LogP contribution in [0.4, 0.5) is 0 Å². The van der Waals surface area contributed by atoms with E-state index in [9.17, 15) is 4.79 Å². The van der Waals surface area contributed by atoms with Crippen LogP contribution in [-0.2, 0) is 10.3 Å². The lowest BCUT2D eigenvalue weighted by Crippen LogP contribution is -2.41. The molecular weight excluding hydrogens is 325 g/mol. The number of amides is 1. The van der Waals surface area contributed by atoms with Gasteiger partial charge in [-0.3, -0.25) is 4.79 Å². The highest BCUT2D eigenvalue weighted by Crippen LogP contribution is 2.31. The molecule has 0 atom stereocenters. The van der Waals surface area contributed by atoms with Crippen molar-refractivity contribution in [3.8, 4) is 0 Å². The molecule has 3 heteroatoms. The van der Waals surface area contributed by atoms with E-state index in [4.69, 9.17) is 0 Å². The van der Waals surface area contributed by atoms with Gasteiger partial charge in [0, 0.05) is 3.57 Å². The second kappa shape index (κ2) is 6.99. The highest BCUT2D eigenvalue weighted by atomic mass is 127. The summed E-state index contributed by atoms with van der Waals surface area (Å²) in [6.45, 7) is 4.31. The first kappa shape index (κ1) is 14.5. The molecule has 0 bridgehead atoms. The lowest BCUT2D eigenvalue weighted by molar-refractivity contribution is -0.111. The van der Waals surface area contributed by atoms with Gasteiger partial charge in [-0.15, -0.1) is 0 Å². The monoisotopic (exact) mass is 345 g/mol. The van der Waals surface area contributed by atoms with E-state index in [-0.39, 0.29) is 5.54 Å². The highest BCUT2D eigenvalue weighted by Gasteiger charge is 2.29. The fourth-order valence-corrected chi connectivity index (χ4v) is 2.74. The van der Waals surface area contributed by atoms with Crippen LogP contribution in [0.15, 0.2) is 24.3 Å². The fourth-order valence-electron chi connectivity index (χ4n) is 2.38. The molecule has 0 aromatic heterocycles. The molecule has 1 rings (SSSR count). The summed E-state index contributed by atoms with van der Waals surface area (Å²) in [4.78, 5) is 10.9. The Morgan fingerprint density at radius 2 is 1.71 bits per heavy atom. The van der Waals surface area contributed by atoms with Crippen LogP contribution in [0.5, 0.6) is 0 Å². The number of nitrogens with one attached hydrogen (secondary N) is 1. The van der Waals surface area contributed by atoms with Crippen molar-refractivity contribution in [3.05, 3.63) is 33.4 Å². The average molecular weight is 345 g/mol. The van der Waals surface area contributed by atoms with Crippen LogP contribution in [0.2, 0.25) is 0 Å². The van der Waals surface area contributed by atoms with Crippen LogP contribution in [0.25, 0.3) is 0 Å². The van der Waals surface area contributed by atoms with E-state index < -0.39 is 0 Å². The largest absolute Gasteiger partial charge is 0.349 e. The van der Waals surface area contributed by atoms with E-state index in [0.29, 0.717) is 0 Å². The maximum absolute atomic E-state index is 10.9. The third-order valence-corrected chi connectivity index (χ3v) is 3.80. The molecule has 1 aromatic carbocycles. The molecule has 0 spiro atoms. The quantitative estimate of drug-likeness (QED) is 0.591. The maximum atomic E-state index is 10.9. The standard InChI is InChI=1S/C14H20INO/c1-3-9-14(10-4-2,16-11-17)12-5-7-13(15)8-6-12/h5-8,11H,3-4,9-10H2,1-2H3,(H,16,17). The van der Waals surface area contributed by atoms with Crippen LogP contribution in [0.3, 0.4) is 0 Å². The summed E-state index contributed by atoms with van der Waals surface area (Å²) in [5, 5.41) is 3.05. The minimum Gasteiger partial charge on any atom is -0.349 e. The summed E-state index contributed by atoms with van der Waals surface area (Å²) >= 11 is 2.30.